The van der Waals surface area contributed by atoms with E-state index < -0.39 is 0 Å². The van der Waals surface area contributed by atoms with Crippen molar-refractivity contribution in [1.82, 2.24) is 4.90 Å². The molecule has 6 nitrogen and oxygen atoms in total. The van der Waals surface area contributed by atoms with Crippen LogP contribution in [0.5, 0.6) is 17.2 Å². The highest BCUT2D eigenvalue weighted by atomic mass is 16.5. The highest BCUT2D eigenvalue weighted by molar-refractivity contribution is 5.76. The number of ether oxygens (including phenoxy) is 3. The largest absolute Gasteiger partial charge is 0.493 e. The zero-order chi connectivity index (χ0) is 14.7. The number of carbonyl (C=O) groups excluding carboxylic acids is 1. The number of nitrogens with two attached hydrogens (primary N) is 1. The molecular weight excluding hydrogens is 260 g/mol. The summed E-state index contributed by atoms with van der Waals surface area (Å²) in [5.41, 5.74) is 7.43. The zero-order valence-corrected chi connectivity index (χ0v) is 12.1. The van der Waals surface area contributed by atoms with Gasteiger partial charge in [0.2, 0.25) is 11.7 Å². The predicted molar refractivity (Wildman–Crippen MR) is 74.3 cm³/mol. The van der Waals surface area contributed by atoms with Crippen LogP contribution in [0.1, 0.15) is 11.1 Å². The first-order valence-electron chi connectivity index (χ1n) is 6.42. The summed E-state index contributed by atoms with van der Waals surface area (Å²) in [5, 5.41) is 0. The van der Waals surface area contributed by atoms with Crippen LogP contribution in [0.4, 0.5) is 0 Å². The third-order valence-corrected chi connectivity index (χ3v) is 3.48. The average molecular weight is 280 g/mol. The fourth-order valence-electron chi connectivity index (χ4n) is 2.63. The number of benzene rings is 1. The Kier molecular flexibility index (Phi) is 4.34. The maximum Gasteiger partial charge on any atom is 0.231 e. The van der Waals surface area contributed by atoms with Crippen LogP contribution in [0.15, 0.2) is 6.07 Å². The van der Waals surface area contributed by atoms with Crippen molar-refractivity contribution in [2.75, 3.05) is 34.4 Å². The number of hydrogen-bond acceptors (Lipinski definition) is 5. The molecule has 0 aliphatic carbocycles. The van der Waals surface area contributed by atoms with Crippen LogP contribution in [0.3, 0.4) is 0 Å². The Hall–Kier alpha value is -1.95. The standard InChI is InChI=1S/C14H20N2O4/c1-18-11-6-9-7-16(8-12(15)17)5-4-10(9)13(19-2)14(11)20-3/h6H,4-5,7-8H2,1-3H3,(H2,15,17). The Morgan fingerprint density at radius 2 is 1.95 bits per heavy atom. The van der Waals surface area contributed by atoms with Crippen molar-refractivity contribution in [2.24, 2.45) is 5.73 Å². The molecule has 20 heavy (non-hydrogen) atoms. The molecule has 6 heteroatoms. The number of fused-ring (bicyclic) bond motifs is 1. The SMILES string of the molecule is COc1cc2c(c(OC)c1OC)CCN(CC(N)=O)C2. The molecule has 0 radical (unpaired) electrons. The van der Waals surface area contributed by atoms with Crippen molar-refractivity contribution in [3.8, 4) is 17.2 Å². The summed E-state index contributed by atoms with van der Waals surface area (Å²) < 4.78 is 16.2. The van der Waals surface area contributed by atoms with E-state index in [2.05, 4.69) is 0 Å². The normalized spacial score (nSPS) is 14.6. The van der Waals surface area contributed by atoms with Crippen LogP contribution in [-0.4, -0.2) is 45.2 Å². The smallest absolute Gasteiger partial charge is 0.231 e. The summed E-state index contributed by atoms with van der Waals surface area (Å²) in [5.74, 6) is 1.63. The molecule has 2 rings (SSSR count). The van der Waals surface area contributed by atoms with Crippen molar-refractivity contribution in [3.05, 3.63) is 17.2 Å². The van der Waals surface area contributed by atoms with Gasteiger partial charge in [0.1, 0.15) is 0 Å². The van der Waals surface area contributed by atoms with Crippen molar-refractivity contribution >= 4 is 5.91 Å². The third-order valence-electron chi connectivity index (χ3n) is 3.48. The summed E-state index contributed by atoms with van der Waals surface area (Å²) in [6, 6.07) is 1.93. The number of methoxy groups -OCH3 is 3. The van der Waals surface area contributed by atoms with E-state index >= 15 is 0 Å². The lowest BCUT2D eigenvalue weighted by atomic mass is 9.97. The van der Waals surface area contributed by atoms with Crippen LogP contribution < -0.4 is 19.9 Å². The van der Waals surface area contributed by atoms with Crippen molar-refractivity contribution in [1.29, 1.82) is 0 Å². The second-order valence-corrected chi connectivity index (χ2v) is 4.71. The van der Waals surface area contributed by atoms with E-state index in [1.807, 2.05) is 11.0 Å². The van der Waals surface area contributed by atoms with Gasteiger partial charge in [0.15, 0.2) is 11.5 Å². The highest BCUT2D eigenvalue weighted by Crippen LogP contribution is 2.43. The molecule has 1 aromatic carbocycles. The molecule has 1 aliphatic rings. The van der Waals surface area contributed by atoms with Gasteiger partial charge in [-0.3, -0.25) is 9.69 Å². The maximum absolute atomic E-state index is 11.0. The van der Waals surface area contributed by atoms with E-state index in [0.717, 1.165) is 24.1 Å². The maximum atomic E-state index is 11.0. The molecule has 1 heterocycles. The molecule has 1 amide bonds. The summed E-state index contributed by atoms with van der Waals surface area (Å²) >= 11 is 0. The Labute approximate surface area is 118 Å². The molecular formula is C14H20N2O4. The molecule has 0 aromatic heterocycles. The fourth-order valence-corrected chi connectivity index (χ4v) is 2.63. The molecule has 0 saturated heterocycles. The van der Waals surface area contributed by atoms with Gasteiger partial charge < -0.3 is 19.9 Å². The van der Waals surface area contributed by atoms with Crippen LogP contribution in [0, 0.1) is 0 Å². The predicted octanol–water partition coefficient (Wildman–Crippen LogP) is 0.556. The first-order chi connectivity index (χ1) is 9.60. The van der Waals surface area contributed by atoms with Gasteiger partial charge in [-0.1, -0.05) is 0 Å². The lowest BCUT2D eigenvalue weighted by Gasteiger charge is -2.29. The zero-order valence-electron chi connectivity index (χ0n) is 12.1. The van der Waals surface area contributed by atoms with Gasteiger partial charge in [-0.25, -0.2) is 0 Å². The van der Waals surface area contributed by atoms with Crippen molar-refractivity contribution < 1.29 is 19.0 Å². The molecule has 110 valence electrons. The Balaban J connectivity index is 2.40. The van der Waals surface area contributed by atoms with Gasteiger partial charge in [-0.2, -0.15) is 0 Å². The summed E-state index contributed by atoms with van der Waals surface area (Å²) in [7, 11) is 4.80. The lowest BCUT2D eigenvalue weighted by Crippen LogP contribution is -2.37. The summed E-state index contributed by atoms with van der Waals surface area (Å²) in [6.45, 7) is 1.67. The van der Waals surface area contributed by atoms with Crippen LogP contribution in [0.25, 0.3) is 0 Å². The van der Waals surface area contributed by atoms with Gasteiger partial charge in [-0.15, -0.1) is 0 Å². The van der Waals surface area contributed by atoms with Gasteiger partial charge in [0.25, 0.3) is 0 Å². The Morgan fingerprint density at radius 3 is 2.50 bits per heavy atom. The van der Waals surface area contributed by atoms with Gasteiger partial charge in [0, 0.05) is 18.7 Å². The molecule has 2 N–H and O–H groups in total. The number of primary amides is 1. The number of hydrogen-bond donors (Lipinski definition) is 1. The van der Waals surface area contributed by atoms with Crippen LogP contribution in [0.2, 0.25) is 0 Å². The quantitative estimate of drug-likeness (QED) is 0.853. The van der Waals surface area contributed by atoms with Gasteiger partial charge in [-0.05, 0) is 18.1 Å². The third kappa shape index (κ3) is 2.65. The minimum absolute atomic E-state index is 0.260. The van der Waals surface area contributed by atoms with Crippen molar-refractivity contribution in [2.45, 2.75) is 13.0 Å². The van der Waals surface area contributed by atoms with E-state index in [0.29, 0.717) is 23.8 Å². The second kappa shape index (κ2) is 6.00. The Bertz CT molecular complexity index is 516. The molecule has 1 aromatic rings. The lowest BCUT2D eigenvalue weighted by molar-refractivity contribution is -0.119. The van der Waals surface area contributed by atoms with E-state index in [1.165, 1.54) is 0 Å². The summed E-state index contributed by atoms with van der Waals surface area (Å²) in [6.07, 6.45) is 0.784. The van der Waals surface area contributed by atoms with Gasteiger partial charge >= 0.3 is 0 Å². The van der Waals surface area contributed by atoms with Gasteiger partial charge in [0.05, 0.1) is 27.9 Å². The topological polar surface area (TPSA) is 74.0 Å². The van der Waals surface area contributed by atoms with Crippen molar-refractivity contribution in [3.63, 3.8) is 0 Å². The number of amides is 1. The first-order valence-corrected chi connectivity index (χ1v) is 6.42. The molecule has 0 bridgehead atoms. The fraction of sp³-hybridized carbons (Fsp3) is 0.500. The van der Waals surface area contributed by atoms with E-state index in [1.54, 1.807) is 21.3 Å². The molecule has 1 aliphatic heterocycles. The minimum atomic E-state index is -0.319. The molecule has 0 spiro atoms. The Morgan fingerprint density at radius 1 is 1.25 bits per heavy atom. The molecule has 0 saturated carbocycles. The van der Waals surface area contributed by atoms with Crippen LogP contribution in [-0.2, 0) is 17.8 Å². The van der Waals surface area contributed by atoms with E-state index in [-0.39, 0.29) is 12.5 Å². The highest BCUT2D eigenvalue weighted by Gasteiger charge is 2.25. The molecule has 0 unspecified atom stereocenters. The minimum Gasteiger partial charge on any atom is -0.493 e. The monoisotopic (exact) mass is 280 g/mol. The number of rotatable bonds is 5. The molecule has 0 fully saturated rings. The average Bonchev–Trinajstić information content (AvgIpc) is 2.44. The molecule has 0 atom stereocenters. The first kappa shape index (κ1) is 14.5. The van der Waals surface area contributed by atoms with E-state index in [4.69, 9.17) is 19.9 Å². The number of carbonyl (C=O) groups is 1. The summed E-state index contributed by atoms with van der Waals surface area (Å²) in [4.78, 5) is 13.0. The number of nitrogens with zero attached hydrogens (tertiary/aromatic N) is 1. The second-order valence-electron chi connectivity index (χ2n) is 4.71. The van der Waals surface area contributed by atoms with Crippen LogP contribution >= 0.6 is 0 Å². The van der Waals surface area contributed by atoms with E-state index in [9.17, 15) is 4.79 Å².